The van der Waals surface area contributed by atoms with Crippen molar-refractivity contribution in [1.29, 1.82) is 0 Å². The van der Waals surface area contributed by atoms with Crippen LogP contribution < -0.4 is 16.5 Å². The highest BCUT2D eigenvalue weighted by Crippen LogP contribution is 2.19. The molecule has 0 heterocycles. The summed E-state index contributed by atoms with van der Waals surface area (Å²) in [5.74, 6) is 3.06. The Labute approximate surface area is 67.9 Å². The quantitative estimate of drug-likeness (QED) is 0.621. The van der Waals surface area contributed by atoms with Crippen molar-refractivity contribution in [3.05, 3.63) is 29.6 Å². The number of benzene rings is 1. The van der Waals surface area contributed by atoms with E-state index in [4.69, 9.17) is 11.6 Å². The van der Waals surface area contributed by atoms with Crippen molar-refractivity contribution in [2.24, 2.45) is 11.6 Å². The molecule has 1 rings (SSSR count). The Kier molecular flexibility index (Phi) is 2.25. The summed E-state index contributed by atoms with van der Waals surface area (Å²) in [6.07, 6.45) is 0. The average molecular weight is 170 g/mol. The molecule has 0 radical (unpaired) electrons. The molecular weight excluding hydrogens is 163 g/mol. The molecule has 0 aliphatic carbocycles. The average Bonchev–Trinajstić information content (AvgIpc) is 2.03. The van der Waals surface area contributed by atoms with Crippen molar-refractivity contribution in [2.45, 2.75) is 0 Å². The summed E-state index contributed by atoms with van der Waals surface area (Å²) < 4.78 is 12.9. The zero-order chi connectivity index (χ0) is 9.14. The number of nitrogens with two attached hydrogens (primary N) is 2. The van der Waals surface area contributed by atoms with Crippen LogP contribution in [-0.2, 0) is 0 Å². The normalized spacial score (nSPS) is 9.50. The summed E-state index contributed by atoms with van der Waals surface area (Å²) in [4.78, 5) is 14.9. The van der Waals surface area contributed by atoms with Gasteiger partial charge in [0, 0.05) is 0 Å². The summed E-state index contributed by atoms with van der Waals surface area (Å²) >= 11 is 0. The lowest BCUT2D eigenvalue weighted by Crippen LogP contribution is -2.16. The van der Waals surface area contributed by atoms with Crippen molar-refractivity contribution < 1.29 is 14.0 Å². The molecule has 1 amide bonds. The van der Waals surface area contributed by atoms with Gasteiger partial charge < -0.3 is 10.6 Å². The SMILES string of the molecule is NOc1cccc(F)c1C(N)=O. The Balaban J connectivity index is 3.29. The Bertz CT molecular complexity index is 314. The van der Waals surface area contributed by atoms with Crippen LogP contribution in [0.1, 0.15) is 10.4 Å². The number of carbonyl (C=O) groups is 1. The van der Waals surface area contributed by atoms with Gasteiger partial charge in [-0.2, -0.15) is 5.90 Å². The summed E-state index contributed by atoms with van der Waals surface area (Å²) in [7, 11) is 0. The van der Waals surface area contributed by atoms with E-state index in [0.717, 1.165) is 6.07 Å². The molecule has 0 saturated carbocycles. The van der Waals surface area contributed by atoms with Crippen molar-refractivity contribution >= 4 is 5.91 Å². The molecule has 4 nitrogen and oxygen atoms in total. The lowest BCUT2D eigenvalue weighted by molar-refractivity contribution is 0.0992. The van der Waals surface area contributed by atoms with Gasteiger partial charge >= 0.3 is 0 Å². The molecule has 0 aliphatic rings. The third-order valence-corrected chi connectivity index (χ3v) is 1.35. The first-order valence-corrected chi connectivity index (χ1v) is 3.12. The summed E-state index contributed by atoms with van der Waals surface area (Å²) in [5.41, 5.74) is 4.54. The van der Waals surface area contributed by atoms with Gasteiger partial charge in [0.1, 0.15) is 11.4 Å². The minimum absolute atomic E-state index is 0.0671. The monoisotopic (exact) mass is 170 g/mol. The molecule has 0 atom stereocenters. The van der Waals surface area contributed by atoms with E-state index in [1.165, 1.54) is 12.1 Å². The molecule has 0 fully saturated rings. The van der Waals surface area contributed by atoms with Crippen molar-refractivity contribution in [2.75, 3.05) is 0 Å². The molecule has 0 unspecified atom stereocenters. The van der Waals surface area contributed by atoms with Gasteiger partial charge in [-0.3, -0.25) is 4.79 Å². The lowest BCUT2D eigenvalue weighted by atomic mass is 10.2. The van der Waals surface area contributed by atoms with Gasteiger partial charge in [-0.05, 0) is 12.1 Å². The maximum Gasteiger partial charge on any atom is 0.255 e. The van der Waals surface area contributed by atoms with Crippen molar-refractivity contribution in [3.63, 3.8) is 0 Å². The van der Waals surface area contributed by atoms with Crippen molar-refractivity contribution in [1.82, 2.24) is 0 Å². The van der Waals surface area contributed by atoms with Gasteiger partial charge in [-0.15, -0.1) is 0 Å². The van der Waals surface area contributed by atoms with E-state index in [2.05, 4.69) is 4.84 Å². The Morgan fingerprint density at radius 1 is 1.50 bits per heavy atom. The Hall–Kier alpha value is -1.62. The van der Waals surface area contributed by atoms with E-state index in [1.54, 1.807) is 0 Å². The first-order chi connectivity index (χ1) is 5.66. The van der Waals surface area contributed by atoms with Crippen LogP contribution in [0.25, 0.3) is 0 Å². The van der Waals surface area contributed by atoms with Crippen LogP contribution in [0.2, 0.25) is 0 Å². The van der Waals surface area contributed by atoms with Gasteiger partial charge in [0.2, 0.25) is 0 Å². The first-order valence-electron chi connectivity index (χ1n) is 3.12. The number of primary amides is 1. The third-order valence-electron chi connectivity index (χ3n) is 1.35. The molecule has 4 N–H and O–H groups in total. The molecule has 0 bridgehead atoms. The van der Waals surface area contributed by atoms with Gasteiger partial charge in [0.25, 0.3) is 5.91 Å². The topological polar surface area (TPSA) is 78.3 Å². The van der Waals surface area contributed by atoms with Crippen molar-refractivity contribution in [3.8, 4) is 5.75 Å². The minimum Gasteiger partial charge on any atom is -0.411 e. The molecule has 1 aromatic carbocycles. The molecular formula is C7H7FN2O2. The standard InChI is InChI=1S/C7H7FN2O2/c8-4-2-1-3-5(12-10)6(4)7(9)11/h1-3H,10H2,(H2,9,11). The van der Waals surface area contributed by atoms with Crippen LogP contribution in [0.5, 0.6) is 5.75 Å². The van der Waals surface area contributed by atoms with E-state index < -0.39 is 11.7 Å². The molecule has 12 heavy (non-hydrogen) atoms. The van der Waals surface area contributed by atoms with Gasteiger partial charge in [0.05, 0.1) is 0 Å². The Morgan fingerprint density at radius 3 is 2.58 bits per heavy atom. The van der Waals surface area contributed by atoms with E-state index in [1.807, 2.05) is 0 Å². The molecule has 0 aliphatic heterocycles. The van der Waals surface area contributed by atoms with E-state index in [0.29, 0.717) is 0 Å². The predicted molar refractivity (Wildman–Crippen MR) is 39.7 cm³/mol. The maximum atomic E-state index is 12.9. The lowest BCUT2D eigenvalue weighted by Gasteiger charge is -2.03. The fourth-order valence-electron chi connectivity index (χ4n) is 0.842. The molecule has 0 spiro atoms. The predicted octanol–water partition coefficient (Wildman–Crippen LogP) is 0.177. The fourth-order valence-corrected chi connectivity index (χ4v) is 0.842. The number of carbonyl (C=O) groups excluding carboxylic acids is 1. The second kappa shape index (κ2) is 3.19. The van der Waals surface area contributed by atoms with Crippen LogP contribution in [0.4, 0.5) is 4.39 Å². The molecule has 1 aromatic rings. The maximum absolute atomic E-state index is 12.9. The van der Waals surface area contributed by atoms with Gasteiger partial charge in [-0.1, -0.05) is 6.07 Å². The van der Waals surface area contributed by atoms with Crippen LogP contribution >= 0.6 is 0 Å². The van der Waals surface area contributed by atoms with Gasteiger partial charge in [0.15, 0.2) is 5.75 Å². The summed E-state index contributed by atoms with van der Waals surface area (Å²) in [5, 5.41) is 0. The summed E-state index contributed by atoms with van der Waals surface area (Å²) in [6.45, 7) is 0. The molecule has 5 heteroatoms. The third kappa shape index (κ3) is 1.35. The zero-order valence-electron chi connectivity index (χ0n) is 6.08. The zero-order valence-corrected chi connectivity index (χ0v) is 6.08. The number of amides is 1. The smallest absolute Gasteiger partial charge is 0.255 e. The second-order valence-corrected chi connectivity index (χ2v) is 2.10. The molecule has 0 saturated heterocycles. The minimum atomic E-state index is -0.909. The number of rotatable bonds is 2. The van der Waals surface area contributed by atoms with Crippen LogP contribution in [0.15, 0.2) is 18.2 Å². The van der Waals surface area contributed by atoms with E-state index >= 15 is 0 Å². The van der Waals surface area contributed by atoms with Crippen LogP contribution in [0, 0.1) is 5.82 Å². The van der Waals surface area contributed by atoms with E-state index in [9.17, 15) is 9.18 Å². The molecule has 64 valence electrons. The highest BCUT2D eigenvalue weighted by molar-refractivity contribution is 5.95. The first kappa shape index (κ1) is 8.48. The highest BCUT2D eigenvalue weighted by atomic mass is 19.1. The number of hydrogen-bond donors (Lipinski definition) is 2. The van der Waals surface area contributed by atoms with Crippen LogP contribution in [-0.4, -0.2) is 5.91 Å². The van der Waals surface area contributed by atoms with Gasteiger partial charge in [-0.25, -0.2) is 4.39 Å². The fraction of sp³-hybridized carbons (Fsp3) is 0. The largest absolute Gasteiger partial charge is 0.411 e. The highest BCUT2D eigenvalue weighted by Gasteiger charge is 2.14. The van der Waals surface area contributed by atoms with Crippen LogP contribution in [0.3, 0.4) is 0 Å². The Morgan fingerprint density at radius 2 is 2.17 bits per heavy atom. The van der Waals surface area contributed by atoms with E-state index in [-0.39, 0.29) is 11.3 Å². The summed E-state index contributed by atoms with van der Waals surface area (Å²) in [6, 6.07) is 3.82. The molecule has 0 aromatic heterocycles. The number of hydrogen-bond acceptors (Lipinski definition) is 3. The second-order valence-electron chi connectivity index (χ2n) is 2.10. The number of halogens is 1.